The van der Waals surface area contributed by atoms with E-state index in [1.807, 2.05) is 41.5 Å². The molecule has 0 bridgehead atoms. The Hall–Kier alpha value is -1.89. The summed E-state index contributed by atoms with van der Waals surface area (Å²) in [7, 11) is 3.41. The van der Waals surface area contributed by atoms with Crippen LogP contribution in [0.3, 0.4) is 0 Å². The summed E-state index contributed by atoms with van der Waals surface area (Å²) in [6.07, 6.45) is 2.81. The normalized spacial score (nSPS) is 14.8. The predicted octanol–water partition coefficient (Wildman–Crippen LogP) is 2.42. The third-order valence-corrected chi connectivity index (χ3v) is 5.58. The zero-order valence-corrected chi connectivity index (χ0v) is 18.9. The van der Waals surface area contributed by atoms with E-state index in [1.165, 1.54) is 6.92 Å². The second kappa shape index (κ2) is 11.2. The van der Waals surface area contributed by atoms with Crippen LogP contribution in [0.25, 0.3) is 0 Å². The van der Waals surface area contributed by atoms with Gasteiger partial charge in [-0.3, -0.25) is 9.59 Å². The summed E-state index contributed by atoms with van der Waals surface area (Å²) in [4.78, 5) is 38.9. The highest BCUT2D eigenvalue weighted by Crippen LogP contribution is 2.19. The third kappa shape index (κ3) is 6.33. The van der Waals surface area contributed by atoms with Crippen LogP contribution >= 0.6 is 0 Å². The van der Waals surface area contributed by atoms with Crippen LogP contribution < -0.4 is 10.6 Å². The van der Waals surface area contributed by atoms with Crippen LogP contribution in [0, 0.1) is 11.8 Å². The third-order valence-electron chi connectivity index (χ3n) is 5.58. The first-order chi connectivity index (χ1) is 12.9. The van der Waals surface area contributed by atoms with Gasteiger partial charge < -0.3 is 20.6 Å². The van der Waals surface area contributed by atoms with Gasteiger partial charge in [-0.25, -0.2) is 4.79 Å². The van der Waals surface area contributed by atoms with E-state index in [9.17, 15) is 19.5 Å². The molecule has 0 saturated carbocycles. The van der Waals surface area contributed by atoms with Crippen LogP contribution in [0.1, 0.15) is 61.3 Å². The van der Waals surface area contributed by atoms with E-state index >= 15 is 0 Å². The molecule has 0 aliphatic heterocycles. The van der Waals surface area contributed by atoms with Gasteiger partial charge in [0, 0.05) is 12.6 Å². The van der Waals surface area contributed by atoms with Crippen LogP contribution in [-0.2, 0) is 14.4 Å². The number of rotatable bonds is 11. The average molecular weight is 398 g/mol. The fraction of sp³-hybridized carbons (Fsp3) is 0.762. The minimum absolute atomic E-state index is 0.0226. The number of carbonyl (C=O) groups excluding carboxylic acids is 2. The number of hydrogen-bond donors (Lipinski definition) is 3. The Morgan fingerprint density at radius 2 is 1.57 bits per heavy atom. The number of nitrogens with one attached hydrogen (secondary N) is 2. The molecule has 7 heteroatoms. The molecule has 2 amide bonds. The quantitative estimate of drug-likeness (QED) is 0.465. The lowest BCUT2D eigenvalue weighted by atomic mass is 9.90. The van der Waals surface area contributed by atoms with Crippen LogP contribution in [0.2, 0.25) is 0 Å². The molecular weight excluding hydrogens is 358 g/mol. The minimum Gasteiger partial charge on any atom is -0.478 e. The number of amides is 2. The van der Waals surface area contributed by atoms with Gasteiger partial charge in [0.05, 0.1) is 11.6 Å². The molecule has 0 spiro atoms. The van der Waals surface area contributed by atoms with Gasteiger partial charge in [0.1, 0.15) is 6.04 Å². The van der Waals surface area contributed by atoms with Crippen molar-refractivity contribution < 1.29 is 19.5 Å². The van der Waals surface area contributed by atoms with E-state index in [-0.39, 0.29) is 35.3 Å². The Kier molecular flexibility index (Phi) is 10.4. The summed E-state index contributed by atoms with van der Waals surface area (Å²) in [5, 5.41) is 15.2. The van der Waals surface area contributed by atoms with Crippen LogP contribution in [0.5, 0.6) is 0 Å². The van der Waals surface area contributed by atoms with Crippen molar-refractivity contribution in [2.24, 2.45) is 11.8 Å². The lowest BCUT2D eigenvalue weighted by molar-refractivity contribution is -0.140. The molecule has 0 unspecified atom stereocenters. The lowest BCUT2D eigenvalue weighted by Crippen LogP contribution is -2.61. The van der Waals surface area contributed by atoms with Crippen molar-refractivity contribution in [3.05, 3.63) is 11.6 Å². The van der Waals surface area contributed by atoms with Gasteiger partial charge in [0.15, 0.2) is 0 Å². The smallest absolute Gasteiger partial charge is 0.331 e. The van der Waals surface area contributed by atoms with Crippen LogP contribution in [0.4, 0.5) is 0 Å². The van der Waals surface area contributed by atoms with E-state index < -0.39 is 17.6 Å². The highest BCUT2D eigenvalue weighted by molar-refractivity contribution is 5.92. The maximum Gasteiger partial charge on any atom is 0.331 e. The molecule has 0 fully saturated rings. The number of nitrogens with zero attached hydrogens (tertiary/aromatic N) is 1. The minimum atomic E-state index is -1.01. The van der Waals surface area contributed by atoms with Gasteiger partial charge in [-0.1, -0.05) is 47.6 Å². The second-order valence-electron chi connectivity index (χ2n) is 8.07. The van der Waals surface area contributed by atoms with E-state index in [0.717, 1.165) is 0 Å². The van der Waals surface area contributed by atoms with Crippen molar-refractivity contribution in [1.82, 2.24) is 15.5 Å². The number of hydrogen-bond acceptors (Lipinski definition) is 4. The molecule has 3 N–H and O–H groups in total. The molecule has 7 nitrogen and oxygen atoms in total. The molecule has 0 aromatic carbocycles. The van der Waals surface area contributed by atoms with Gasteiger partial charge >= 0.3 is 5.97 Å². The fourth-order valence-corrected chi connectivity index (χ4v) is 3.28. The molecule has 162 valence electrons. The van der Waals surface area contributed by atoms with Crippen molar-refractivity contribution in [2.75, 3.05) is 14.1 Å². The maximum atomic E-state index is 13.2. The molecule has 0 radical (unpaired) electrons. The Bertz CT molecular complexity index is 572. The van der Waals surface area contributed by atoms with Gasteiger partial charge in [-0.05, 0) is 38.6 Å². The van der Waals surface area contributed by atoms with E-state index in [2.05, 4.69) is 10.6 Å². The zero-order chi connectivity index (χ0) is 22.2. The molecule has 0 aromatic rings. The fourth-order valence-electron chi connectivity index (χ4n) is 3.28. The number of carboxylic acid groups (broad SMARTS) is 1. The predicted molar refractivity (Wildman–Crippen MR) is 112 cm³/mol. The highest BCUT2D eigenvalue weighted by atomic mass is 16.4. The Balaban J connectivity index is 5.73. The molecule has 0 aliphatic rings. The van der Waals surface area contributed by atoms with Crippen molar-refractivity contribution in [3.8, 4) is 0 Å². The van der Waals surface area contributed by atoms with E-state index in [1.54, 1.807) is 25.1 Å². The molecule has 0 aliphatic carbocycles. The number of likely N-dealkylation sites (N-methyl/N-ethyl adjacent to an activating group) is 2. The number of aliphatic carboxylic acids is 1. The van der Waals surface area contributed by atoms with Crippen LogP contribution in [0.15, 0.2) is 11.6 Å². The molecule has 0 aromatic heterocycles. The van der Waals surface area contributed by atoms with Gasteiger partial charge in [-0.15, -0.1) is 0 Å². The topological polar surface area (TPSA) is 98.7 Å². The molecular formula is C21H39N3O4. The van der Waals surface area contributed by atoms with E-state index in [4.69, 9.17) is 0 Å². The second-order valence-corrected chi connectivity index (χ2v) is 8.07. The number of carbonyl (C=O) groups is 3. The summed E-state index contributed by atoms with van der Waals surface area (Å²) in [6.45, 7) is 13.0. The zero-order valence-electron chi connectivity index (χ0n) is 18.9. The van der Waals surface area contributed by atoms with Gasteiger partial charge in [-0.2, -0.15) is 0 Å². The van der Waals surface area contributed by atoms with Crippen molar-refractivity contribution in [1.29, 1.82) is 0 Å². The number of carboxylic acids is 1. The summed E-state index contributed by atoms with van der Waals surface area (Å²) < 4.78 is 0. The summed E-state index contributed by atoms with van der Waals surface area (Å²) >= 11 is 0. The lowest BCUT2D eigenvalue weighted by Gasteiger charge is -2.36. The SMILES string of the molecule is CCC(CC)(NC)C(=O)N[C@H](C(=O)N(C)[C@H](/C=C(\C)C(=O)O)C(C)C)C(C)C. The highest BCUT2D eigenvalue weighted by Gasteiger charge is 2.38. The largest absolute Gasteiger partial charge is 0.478 e. The van der Waals surface area contributed by atoms with Crippen molar-refractivity contribution in [3.63, 3.8) is 0 Å². The Labute approximate surface area is 169 Å². The van der Waals surface area contributed by atoms with Crippen LogP contribution in [-0.4, -0.2) is 59.5 Å². The van der Waals surface area contributed by atoms with Crippen molar-refractivity contribution in [2.45, 2.75) is 78.9 Å². The Morgan fingerprint density at radius 1 is 1.07 bits per heavy atom. The van der Waals surface area contributed by atoms with E-state index in [0.29, 0.717) is 12.8 Å². The first kappa shape index (κ1) is 26.1. The summed E-state index contributed by atoms with van der Waals surface area (Å²) in [5.41, 5.74) is -0.530. The molecule has 2 atom stereocenters. The standard InChI is InChI=1S/C21H39N3O4/c1-10-21(11-2,22-8)20(28)23-17(14(5)6)18(25)24(9)16(13(3)4)12-15(7)19(26)27/h12-14,16-17,22H,10-11H2,1-9H3,(H,23,28)(H,26,27)/b15-12+/t16-,17+/m1/s1. The molecule has 28 heavy (non-hydrogen) atoms. The maximum absolute atomic E-state index is 13.2. The summed E-state index contributed by atoms with van der Waals surface area (Å²) in [6, 6.07) is -1.07. The average Bonchev–Trinajstić information content (AvgIpc) is 2.63. The molecule has 0 rings (SSSR count). The van der Waals surface area contributed by atoms with Gasteiger partial charge in [0.2, 0.25) is 11.8 Å². The monoisotopic (exact) mass is 397 g/mol. The molecule has 0 heterocycles. The summed E-state index contributed by atoms with van der Waals surface area (Å²) in [5.74, 6) is -1.52. The first-order valence-corrected chi connectivity index (χ1v) is 10.1. The van der Waals surface area contributed by atoms with Gasteiger partial charge in [0.25, 0.3) is 0 Å². The molecule has 0 saturated heterocycles. The first-order valence-electron chi connectivity index (χ1n) is 10.1. The van der Waals surface area contributed by atoms with Crippen molar-refractivity contribution >= 4 is 17.8 Å². The Morgan fingerprint density at radius 3 is 1.89 bits per heavy atom.